The number of methoxy groups -OCH3 is 1. The molecule has 1 aliphatic rings. The first-order valence-electron chi connectivity index (χ1n) is 11.3. The zero-order valence-corrected chi connectivity index (χ0v) is 21.4. The van der Waals surface area contributed by atoms with Crippen molar-refractivity contribution in [3.63, 3.8) is 0 Å². The van der Waals surface area contributed by atoms with Gasteiger partial charge in [0.1, 0.15) is 5.00 Å². The lowest BCUT2D eigenvalue weighted by Gasteiger charge is -2.14. The van der Waals surface area contributed by atoms with Gasteiger partial charge in [0, 0.05) is 30.7 Å². The maximum atomic E-state index is 13.1. The van der Waals surface area contributed by atoms with Crippen LogP contribution in [-0.4, -0.2) is 38.7 Å². The van der Waals surface area contributed by atoms with Gasteiger partial charge in [-0.2, -0.15) is 0 Å². The molecule has 0 atom stereocenters. The number of benzene rings is 1. The Morgan fingerprint density at radius 2 is 1.79 bits per heavy atom. The van der Waals surface area contributed by atoms with Gasteiger partial charge in [0.15, 0.2) is 5.75 Å². The number of rotatable bonds is 11. The normalized spacial score (nSPS) is 12.8. The summed E-state index contributed by atoms with van der Waals surface area (Å²) >= 11 is 14.2. The van der Waals surface area contributed by atoms with Gasteiger partial charge in [-0.15, -0.1) is 11.3 Å². The molecule has 0 bridgehead atoms. The minimum absolute atomic E-state index is 0.170. The maximum Gasteiger partial charge on any atom is 0.256 e. The lowest BCUT2D eigenvalue weighted by atomic mass is 9.95. The summed E-state index contributed by atoms with van der Waals surface area (Å²) in [6.45, 7) is 3.66. The van der Waals surface area contributed by atoms with Crippen LogP contribution in [0.25, 0.3) is 0 Å². The van der Waals surface area contributed by atoms with Crippen molar-refractivity contribution in [2.75, 3.05) is 32.2 Å². The molecule has 2 N–H and O–H groups in total. The van der Waals surface area contributed by atoms with E-state index in [1.165, 1.54) is 11.3 Å². The van der Waals surface area contributed by atoms with E-state index in [1.807, 2.05) is 0 Å². The Morgan fingerprint density at radius 3 is 2.48 bits per heavy atom. The predicted octanol–water partition coefficient (Wildman–Crippen LogP) is 6.13. The minimum atomic E-state index is -0.370. The number of nitrogens with one attached hydrogen (secondary N) is 2. The molecule has 1 heterocycles. The van der Waals surface area contributed by atoms with Crippen molar-refractivity contribution in [2.45, 2.75) is 51.9 Å². The van der Waals surface area contributed by atoms with E-state index in [0.717, 1.165) is 55.4 Å². The molecular weight excluding hydrogens is 483 g/mol. The highest BCUT2D eigenvalue weighted by Gasteiger charge is 2.27. The summed E-state index contributed by atoms with van der Waals surface area (Å²) in [7, 11) is 1.63. The third kappa shape index (κ3) is 6.63. The van der Waals surface area contributed by atoms with Crippen molar-refractivity contribution in [3.8, 4) is 5.75 Å². The van der Waals surface area contributed by atoms with Gasteiger partial charge in [-0.05, 0) is 56.2 Å². The van der Waals surface area contributed by atoms with Crippen LogP contribution in [0.1, 0.15) is 70.2 Å². The van der Waals surface area contributed by atoms with Crippen LogP contribution in [0.5, 0.6) is 5.75 Å². The van der Waals surface area contributed by atoms with Crippen LogP contribution in [0.4, 0.5) is 5.00 Å². The standard InChI is InChI=1S/C24H30Cl2N2O4S/c1-3-4-12-32-21-17(25)13-15(14-18(21)26)22(29)28-24-20(23(30)27-10-7-11-31-2)16-8-5-6-9-19(16)33-24/h13-14H,3-12H2,1-2H3,(H,27,30)(H,28,29). The zero-order valence-electron chi connectivity index (χ0n) is 19.0. The summed E-state index contributed by atoms with van der Waals surface area (Å²) in [5, 5.41) is 7.01. The first kappa shape index (κ1) is 25.8. The van der Waals surface area contributed by atoms with Crippen molar-refractivity contribution >= 4 is 51.4 Å². The highest BCUT2D eigenvalue weighted by atomic mass is 35.5. The van der Waals surface area contributed by atoms with E-state index in [4.69, 9.17) is 32.7 Å². The van der Waals surface area contributed by atoms with E-state index in [-0.39, 0.29) is 21.9 Å². The second-order valence-corrected chi connectivity index (χ2v) is 9.86. The van der Waals surface area contributed by atoms with Crippen molar-refractivity contribution in [2.24, 2.45) is 0 Å². The van der Waals surface area contributed by atoms with E-state index in [9.17, 15) is 9.59 Å². The average Bonchev–Trinajstić information content (AvgIpc) is 3.16. The van der Waals surface area contributed by atoms with Gasteiger partial charge in [0.25, 0.3) is 11.8 Å². The van der Waals surface area contributed by atoms with Crippen LogP contribution in [0, 0.1) is 0 Å². The van der Waals surface area contributed by atoms with Gasteiger partial charge in [-0.1, -0.05) is 36.5 Å². The molecule has 0 saturated carbocycles. The van der Waals surface area contributed by atoms with Gasteiger partial charge in [-0.25, -0.2) is 0 Å². The van der Waals surface area contributed by atoms with Crippen molar-refractivity contribution in [3.05, 3.63) is 43.7 Å². The molecule has 0 radical (unpaired) electrons. The minimum Gasteiger partial charge on any atom is -0.490 e. The molecule has 0 aliphatic heterocycles. The number of carbonyl (C=O) groups excluding carboxylic acids is 2. The number of thiophene rings is 1. The maximum absolute atomic E-state index is 13.1. The largest absolute Gasteiger partial charge is 0.490 e. The number of anilines is 1. The number of ether oxygens (including phenoxy) is 2. The molecule has 6 nitrogen and oxygen atoms in total. The average molecular weight is 513 g/mol. The summed E-state index contributed by atoms with van der Waals surface area (Å²) in [6, 6.07) is 3.09. The number of hydrogen-bond acceptors (Lipinski definition) is 5. The summed E-state index contributed by atoms with van der Waals surface area (Å²) in [5.41, 5.74) is 1.92. The third-order valence-electron chi connectivity index (χ3n) is 5.44. The Bertz CT molecular complexity index is 970. The van der Waals surface area contributed by atoms with E-state index in [2.05, 4.69) is 17.6 Å². The third-order valence-corrected chi connectivity index (χ3v) is 7.21. The van der Waals surface area contributed by atoms with Gasteiger partial charge < -0.3 is 20.1 Å². The fourth-order valence-corrected chi connectivity index (χ4v) is 5.60. The van der Waals surface area contributed by atoms with Crippen molar-refractivity contribution in [1.29, 1.82) is 0 Å². The molecule has 0 saturated heterocycles. The second-order valence-electron chi connectivity index (χ2n) is 7.94. The zero-order chi connectivity index (χ0) is 23.8. The highest BCUT2D eigenvalue weighted by molar-refractivity contribution is 7.17. The topological polar surface area (TPSA) is 76.7 Å². The molecule has 2 aromatic rings. The number of aryl methyl sites for hydroxylation is 1. The van der Waals surface area contributed by atoms with Crippen LogP contribution < -0.4 is 15.4 Å². The number of fused-ring (bicyclic) bond motifs is 1. The first-order chi connectivity index (χ1) is 16.0. The Kier molecular flexibility index (Phi) is 9.86. The number of amides is 2. The Balaban J connectivity index is 1.80. The van der Waals surface area contributed by atoms with Gasteiger partial charge in [-0.3, -0.25) is 9.59 Å². The monoisotopic (exact) mass is 512 g/mol. The molecule has 0 spiro atoms. The van der Waals surface area contributed by atoms with Gasteiger partial charge >= 0.3 is 0 Å². The fourth-order valence-electron chi connectivity index (χ4n) is 3.72. The molecule has 0 fully saturated rings. The van der Waals surface area contributed by atoms with Crippen LogP contribution in [0.15, 0.2) is 12.1 Å². The lowest BCUT2D eigenvalue weighted by Crippen LogP contribution is -2.27. The molecule has 3 rings (SSSR count). The SMILES string of the molecule is CCCCOc1c(Cl)cc(C(=O)Nc2sc3c(c2C(=O)NCCCOC)CCCC3)cc1Cl. The van der Waals surface area contributed by atoms with Gasteiger partial charge in [0.2, 0.25) is 0 Å². The molecule has 1 aromatic carbocycles. The predicted molar refractivity (Wildman–Crippen MR) is 135 cm³/mol. The Hall–Kier alpha value is -1.80. The molecular formula is C24H30Cl2N2O4S. The fraction of sp³-hybridized carbons (Fsp3) is 0.500. The van der Waals surface area contributed by atoms with E-state index < -0.39 is 0 Å². The molecule has 2 amide bonds. The summed E-state index contributed by atoms with van der Waals surface area (Å²) in [6.07, 6.45) is 6.47. The first-order valence-corrected chi connectivity index (χ1v) is 12.9. The van der Waals surface area contributed by atoms with Crippen LogP contribution in [0.3, 0.4) is 0 Å². The molecule has 1 aromatic heterocycles. The Morgan fingerprint density at radius 1 is 1.06 bits per heavy atom. The van der Waals surface area contributed by atoms with Crippen molar-refractivity contribution in [1.82, 2.24) is 5.32 Å². The summed E-state index contributed by atoms with van der Waals surface area (Å²) in [4.78, 5) is 27.2. The summed E-state index contributed by atoms with van der Waals surface area (Å²) in [5.74, 6) is -0.159. The van der Waals surface area contributed by atoms with E-state index in [0.29, 0.717) is 41.6 Å². The molecule has 180 valence electrons. The lowest BCUT2D eigenvalue weighted by molar-refractivity contribution is 0.0948. The summed E-state index contributed by atoms with van der Waals surface area (Å²) < 4.78 is 10.7. The smallest absolute Gasteiger partial charge is 0.256 e. The molecule has 33 heavy (non-hydrogen) atoms. The number of carbonyl (C=O) groups is 2. The van der Waals surface area contributed by atoms with Crippen LogP contribution in [-0.2, 0) is 17.6 Å². The number of unbranched alkanes of at least 4 members (excludes halogenated alkanes) is 1. The second kappa shape index (κ2) is 12.6. The number of hydrogen-bond donors (Lipinski definition) is 2. The highest BCUT2D eigenvalue weighted by Crippen LogP contribution is 2.39. The molecule has 9 heteroatoms. The van der Waals surface area contributed by atoms with E-state index >= 15 is 0 Å². The number of halogens is 2. The van der Waals surface area contributed by atoms with Crippen molar-refractivity contribution < 1.29 is 19.1 Å². The van der Waals surface area contributed by atoms with E-state index in [1.54, 1.807) is 19.2 Å². The molecule has 1 aliphatic carbocycles. The Labute approximate surface area is 208 Å². The van der Waals surface area contributed by atoms with Crippen LogP contribution >= 0.6 is 34.5 Å². The molecule has 0 unspecified atom stereocenters. The van der Waals surface area contributed by atoms with Gasteiger partial charge in [0.05, 0.1) is 22.2 Å². The quantitative estimate of drug-likeness (QED) is 0.355. The van der Waals surface area contributed by atoms with Crippen LogP contribution in [0.2, 0.25) is 10.0 Å².